The molecule has 1 aliphatic heterocycles. The molecule has 0 bridgehead atoms. The Kier molecular flexibility index (Phi) is 2.74. The van der Waals surface area contributed by atoms with Gasteiger partial charge in [-0.05, 0) is 27.8 Å². The normalized spacial score (nSPS) is 21.7. The molecule has 0 saturated carbocycles. The van der Waals surface area contributed by atoms with Crippen LogP contribution in [0.5, 0.6) is 0 Å². The fourth-order valence-electron chi connectivity index (χ4n) is 1.50. The van der Waals surface area contributed by atoms with Crippen molar-refractivity contribution < 1.29 is 0 Å². The van der Waals surface area contributed by atoms with Crippen LogP contribution in [-0.2, 0) is 0 Å². The van der Waals surface area contributed by atoms with Crippen molar-refractivity contribution >= 4 is 17.2 Å². The van der Waals surface area contributed by atoms with Gasteiger partial charge in [-0.15, -0.1) is 0 Å². The largest absolute Gasteiger partial charge is 0.359 e. The van der Waals surface area contributed by atoms with Crippen molar-refractivity contribution in [3.05, 3.63) is 0 Å². The number of rotatable bonds is 0. The van der Waals surface area contributed by atoms with Crippen molar-refractivity contribution in [1.29, 1.82) is 0 Å². The minimum atomic E-state index is 0.193. The SMILES string of the molecule is CN1CCN(C(C)(C)C)C(=S)C1. The van der Waals surface area contributed by atoms with E-state index in [0.29, 0.717) is 0 Å². The Hall–Kier alpha value is -0.150. The Labute approximate surface area is 80.5 Å². The second-order valence-electron chi connectivity index (χ2n) is 4.45. The third kappa shape index (κ3) is 2.17. The second-order valence-corrected chi connectivity index (χ2v) is 4.93. The smallest absolute Gasteiger partial charge is 0.0926 e. The molecule has 1 fully saturated rings. The van der Waals surface area contributed by atoms with Crippen LogP contribution in [0.25, 0.3) is 0 Å². The van der Waals surface area contributed by atoms with Gasteiger partial charge >= 0.3 is 0 Å². The minimum absolute atomic E-state index is 0.193. The minimum Gasteiger partial charge on any atom is -0.359 e. The van der Waals surface area contributed by atoms with Gasteiger partial charge in [0.05, 0.1) is 4.99 Å². The van der Waals surface area contributed by atoms with E-state index in [0.717, 1.165) is 24.6 Å². The summed E-state index contributed by atoms with van der Waals surface area (Å²) in [6.45, 7) is 9.77. The van der Waals surface area contributed by atoms with Gasteiger partial charge in [0.15, 0.2) is 0 Å². The maximum atomic E-state index is 5.34. The molecule has 12 heavy (non-hydrogen) atoms. The van der Waals surface area contributed by atoms with Crippen LogP contribution in [0.4, 0.5) is 0 Å². The highest BCUT2D eigenvalue weighted by Crippen LogP contribution is 2.16. The average Bonchev–Trinajstić information content (AvgIpc) is 1.83. The van der Waals surface area contributed by atoms with Gasteiger partial charge in [-0.2, -0.15) is 0 Å². The second kappa shape index (κ2) is 3.30. The molecule has 2 nitrogen and oxygen atoms in total. The predicted molar refractivity (Wildman–Crippen MR) is 56.6 cm³/mol. The molecular formula is C9H18N2S. The van der Waals surface area contributed by atoms with Gasteiger partial charge in [0.2, 0.25) is 0 Å². The van der Waals surface area contributed by atoms with Crippen LogP contribution in [0, 0.1) is 0 Å². The molecule has 1 heterocycles. The molecule has 0 aliphatic carbocycles. The highest BCUT2D eigenvalue weighted by atomic mass is 32.1. The van der Waals surface area contributed by atoms with Gasteiger partial charge in [0, 0.05) is 25.2 Å². The number of thiocarbonyl (C=S) groups is 1. The van der Waals surface area contributed by atoms with E-state index < -0.39 is 0 Å². The van der Waals surface area contributed by atoms with E-state index in [-0.39, 0.29) is 5.54 Å². The van der Waals surface area contributed by atoms with Crippen LogP contribution < -0.4 is 0 Å². The van der Waals surface area contributed by atoms with Gasteiger partial charge < -0.3 is 4.90 Å². The summed E-state index contributed by atoms with van der Waals surface area (Å²) < 4.78 is 0. The average molecular weight is 186 g/mol. The Morgan fingerprint density at radius 2 is 1.83 bits per heavy atom. The molecule has 70 valence electrons. The maximum absolute atomic E-state index is 5.34. The Balaban J connectivity index is 2.63. The third-order valence-electron chi connectivity index (χ3n) is 2.22. The highest BCUT2D eigenvalue weighted by molar-refractivity contribution is 7.80. The van der Waals surface area contributed by atoms with Crippen LogP contribution in [0.1, 0.15) is 20.8 Å². The van der Waals surface area contributed by atoms with Gasteiger partial charge in [-0.25, -0.2) is 0 Å². The zero-order valence-electron chi connectivity index (χ0n) is 8.42. The van der Waals surface area contributed by atoms with E-state index in [9.17, 15) is 0 Å². The quantitative estimate of drug-likeness (QED) is 0.527. The monoisotopic (exact) mass is 186 g/mol. The summed E-state index contributed by atoms with van der Waals surface area (Å²) in [7, 11) is 2.12. The van der Waals surface area contributed by atoms with E-state index in [2.05, 4.69) is 37.6 Å². The van der Waals surface area contributed by atoms with Crippen molar-refractivity contribution in [2.45, 2.75) is 26.3 Å². The summed E-state index contributed by atoms with van der Waals surface area (Å²) >= 11 is 5.34. The fraction of sp³-hybridized carbons (Fsp3) is 0.889. The highest BCUT2D eigenvalue weighted by Gasteiger charge is 2.27. The molecule has 3 heteroatoms. The number of piperazine rings is 1. The molecule has 0 aromatic rings. The molecule has 1 saturated heterocycles. The van der Waals surface area contributed by atoms with Gasteiger partial charge in [-0.3, -0.25) is 4.90 Å². The molecule has 1 aliphatic rings. The number of hydrogen-bond donors (Lipinski definition) is 0. The first-order valence-corrected chi connectivity index (χ1v) is 4.81. The van der Waals surface area contributed by atoms with Crippen LogP contribution in [0.3, 0.4) is 0 Å². The standard InChI is InChI=1S/C9H18N2S/c1-9(2,3)11-6-5-10(4)7-8(11)12/h5-7H2,1-4H3. The first kappa shape index (κ1) is 9.93. The lowest BCUT2D eigenvalue weighted by atomic mass is 10.1. The van der Waals surface area contributed by atoms with E-state index >= 15 is 0 Å². The van der Waals surface area contributed by atoms with E-state index in [4.69, 9.17) is 12.2 Å². The molecule has 0 aromatic heterocycles. The molecule has 0 radical (unpaired) electrons. The number of nitrogens with zero attached hydrogens (tertiary/aromatic N) is 2. The van der Waals surface area contributed by atoms with Gasteiger partial charge in [0.25, 0.3) is 0 Å². The zero-order valence-corrected chi connectivity index (χ0v) is 9.24. The molecule has 0 amide bonds. The van der Waals surface area contributed by atoms with Crippen LogP contribution >= 0.6 is 12.2 Å². The van der Waals surface area contributed by atoms with E-state index in [1.807, 2.05) is 0 Å². The summed E-state index contributed by atoms with van der Waals surface area (Å²) in [6, 6.07) is 0. The van der Waals surface area contributed by atoms with E-state index in [1.54, 1.807) is 0 Å². The fourth-order valence-corrected chi connectivity index (χ4v) is 2.09. The van der Waals surface area contributed by atoms with Crippen molar-refractivity contribution in [1.82, 2.24) is 9.80 Å². The van der Waals surface area contributed by atoms with Gasteiger partial charge in [0.1, 0.15) is 0 Å². The first-order chi connectivity index (χ1) is 5.41. The molecule has 0 spiro atoms. The Morgan fingerprint density at radius 1 is 1.25 bits per heavy atom. The third-order valence-corrected chi connectivity index (χ3v) is 2.57. The summed E-state index contributed by atoms with van der Waals surface area (Å²) in [4.78, 5) is 5.67. The number of likely N-dealkylation sites (N-methyl/N-ethyl adjacent to an activating group) is 1. The summed E-state index contributed by atoms with van der Waals surface area (Å²) in [5.41, 5.74) is 0.193. The molecule has 0 N–H and O–H groups in total. The molecule has 1 rings (SSSR count). The van der Waals surface area contributed by atoms with Crippen molar-refractivity contribution in [3.63, 3.8) is 0 Å². The molecule has 0 atom stereocenters. The first-order valence-electron chi connectivity index (χ1n) is 4.40. The molecule has 0 unspecified atom stereocenters. The lowest BCUT2D eigenvalue weighted by molar-refractivity contribution is 0.180. The van der Waals surface area contributed by atoms with Crippen molar-refractivity contribution in [2.24, 2.45) is 0 Å². The van der Waals surface area contributed by atoms with Crippen LogP contribution in [0.2, 0.25) is 0 Å². The predicted octanol–water partition coefficient (Wildman–Crippen LogP) is 1.36. The molecular weight excluding hydrogens is 168 g/mol. The van der Waals surface area contributed by atoms with Crippen LogP contribution in [-0.4, -0.2) is 47.0 Å². The Morgan fingerprint density at radius 3 is 2.25 bits per heavy atom. The van der Waals surface area contributed by atoms with Crippen molar-refractivity contribution in [3.8, 4) is 0 Å². The van der Waals surface area contributed by atoms with Gasteiger partial charge in [-0.1, -0.05) is 12.2 Å². The zero-order chi connectivity index (χ0) is 9.35. The molecule has 0 aromatic carbocycles. The Bertz CT molecular complexity index is 183. The van der Waals surface area contributed by atoms with E-state index in [1.165, 1.54) is 0 Å². The lowest BCUT2D eigenvalue weighted by Crippen LogP contribution is -2.55. The summed E-state index contributed by atoms with van der Waals surface area (Å²) in [5.74, 6) is 0. The maximum Gasteiger partial charge on any atom is 0.0926 e. The van der Waals surface area contributed by atoms with Crippen LogP contribution in [0.15, 0.2) is 0 Å². The topological polar surface area (TPSA) is 6.48 Å². The van der Waals surface area contributed by atoms with Crippen molar-refractivity contribution in [2.75, 3.05) is 26.7 Å². The lowest BCUT2D eigenvalue weighted by Gasteiger charge is -2.43. The number of hydrogen-bond acceptors (Lipinski definition) is 2. The summed E-state index contributed by atoms with van der Waals surface area (Å²) in [5, 5.41) is 0. The summed E-state index contributed by atoms with van der Waals surface area (Å²) in [6.07, 6.45) is 0.